The van der Waals surface area contributed by atoms with Crippen molar-refractivity contribution in [2.45, 2.75) is 6.42 Å². The summed E-state index contributed by atoms with van der Waals surface area (Å²) in [5, 5.41) is 6.63. The standard InChI is InChI=1S/C19H16N4O2/c24-16(22-13-6-8-20-9-7-13)11-12-5-10-21-19(25)18-17(12)14-3-1-2-4-15(14)23-18/h1-4,6-9,11,23H,5,10H2,(H,21,25)(H,20,22,24). The number of amides is 2. The molecule has 0 aliphatic carbocycles. The summed E-state index contributed by atoms with van der Waals surface area (Å²) in [6.45, 7) is 0.490. The molecule has 0 saturated carbocycles. The number of fused-ring (bicyclic) bond motifs is 3. The number of hydrogen-bond acceptors (Lipinski definition) is 3. The van der Waals surface area contributed by atoms with Crippen molar-refractivity contribution in [3.05, 3.63) is 66.1 Å². The third-order valence-corrected chi connectivity index (χ3v) is 4.19. The van der Waals surface area contributed by atoms with E-state index in [-0.39, 0.29) is 11.8 Å². The maximum absolute atomic E-state index is 12.4. The largest absolute Gasteiger partial charge is 0.350 e. The van der Waals surface area contributed by atoms with E-state index in [4.69, 9.17) is 0 Å². The number of anilines is 1. The highest BCUT2D eigenvalue weighted by Crippen LogP contribution is 2.32. The van der Waals surface area contributed by atoms with Gasteiger partial charge in [0.05, 0.1) is 0 Å². The maximum atomic E-state index is 12.4. The minimum absolute atomic E-state index is 0.149. The van der Waals surface area contributed by atoms with Crippen LogP contribution in [0.2, 0.25) is 0 Å². The molecule has 0 fully saturated rings. The Labute approximate surface area is 144 Å². The normalized spacial score (nSPS) is 15.5. The molecule has 0 unspecified atom stereocenters. The Morgan fingerprint density at radius 3 is 2.80 bits per heavy atom. The lowest BCUT2D eigenvalue weighted by Crippen LogP contribution is -2.22. The molecule has 0 radical (unpaired) electrons. The highest BCUT2D eigenvalue weighted by Gasteiger charge is 2.23. The molecule has 0 bridgehead atoms. The third kappa shape index (κ3) is 2.89. The van der Waals surface area contributed by atoms with E-state index in [1.54, 1.807) is 30.6 Å². The van der Waals surface area contributed by atoms with Crippen LogP contribution in [0.1, 0.15) is 22.5 Å². The van der Waals surface area contributed by atoms with E-state index in [9.17, 15) is 9.59 Å². The Balaban J connectivity index is 1.76. The molecule has 3 aromatic rings. The second kappa shape index (κ2) is 6.24. The molecule has 1 aromatic carbocycles. The monoisotopic (exact) mass is 332 g/mol. The molecule has 0 atom stereocenters. The lowest BCUT2D eigenvalue weighted by molar-refractivity contribution is -0.111. The van der Waals surface area contributed by atoms with E-state index >= 15 is 0 Å². The zero-order chi connectivity index (χ0) is 17.2. The number of para-hydroxylation sites is 1. The predicted molar refractivity (Wildman–Crippen MR) is 96.1 cm³/mol. The van der Waals surface area contributed by atoms with Crippen molar-refractivity contribution in [3.63, 3.8) is 0 Å². The fourth-order valence-electron chi connectivity index (χ4n) is 3.09. The van der Waals surface area contributed by atoms with Crippen molar-refractivity contribution in [2.24, 2.45) is 0 Å². The molecular weight excluding hydrogens is 316 g/mol. The molecule has 25 heavy (non-hydrogen) atoms. The molecule has 6 nitrogen and oxygen atoms in total. The number of nitrogens with zero attached hydrogens (tertiary/aromatic N) is 1. The van der Waals surface area contributed by atoms with E-state index in [0.29, 0.717) is 24.3 Å². The van der Waals surface area contributed by atoms with Gasteiger partial charge in [0.1, 0.15) is 5.69 Å². The Morgan fingerprint density at radius 1 is 1.16 bits per heavy atom. The quantitative estimate of drug-likeness (QED) is 0.631. The van der Waals surface area contributed by atoms with Crippen LogP contribution >= 0.6 is 0 Å². The van der Waals surface area contributed by atoms with Gasteiger partial charge in [-0.05, 0) is 30.2 Å². The lowest BCUT2D eigenvalue weighted by Gasteiger charge is -2.06. The number of aromatic amines is 1. The molecule has 124 valence electrons. The number of carbonyl (C=O) groups is 2. The van der Waals surface area contributed by atoms with Crippen LogP contribution in [0.15, 0.2) is 54.9 Å². The van der Waals surface area contributed by atoms with Crippen LogP contribution in [-0.4, -0.2) is 28.3 Å². The van der Waals surface area contributed by atoms with Gasteiger partial charge in [-0.3, -0.25) is 14.6 Å². The first-order valence-corrected chi connectivity index (χ1v) is 8.03. The van der Waals surface area contributed by atoms with Crippen LogP contribution in [0.25, 0.3) is 16.5 Å². The molecule has 6 heteroatoms. The van der Waals surface area contributed by atoms with Crippen molar-refractivity contribution in [1.29, 1.82) is 0 Å². The van der Waals surface area contributed by atoms with E-state index in [0.717, 1.165) is 22.0 Å². The average molecular weight is 332 g/mol. The van der Waals surface area contributed by atoms with Crippen molar-refractivity contribution in [3.8, 4) is 0 Å². The number of H-pyrrole nitrogens is 1. The minimum Gasteiger partial charge on any atom is -0.350 e. The Hall–Kier alpha value is -3.41. The predicted octanol–water partition coefficient (Wildman–Crippen LogP) is 2.72. The topological polar surface area (TPSA) is 86.9 Å². The van der Waals surface area contributed by atoms with E-state index in [1.165, 1.54) is 0 Å². The minimum atomic E-state index is -0.230. The second-order valence-corrected chi connectivity index (χ2v) is 5.82. The fraction of sp³-hybridized carbons (Fsp3) is 0.105. The highest BCUT2D eigenvalue weighted by atomic mass is 16.2. The van der Waals surface area contributed by atoms with Crippen molar-refractivity contribution < 1.29 is 9.59 Å². The second-order valence-electron chi connectivity index (χ2n) is 5.82. The summed E-state index contributed by atoms with van der Waals surface area (Å²) >= 11 is 0. The number of hydrogen-bond donors (Lipinski definition) is 3. The van der Waals surface area contributed by atoms with Crippen LogP contribution in [0.5, 0.6) is 0 Å². The zero-order valence-electron chi connectivity index (χ0n) is 13.4. The Kier molecular flexibility index (Phi) is 3.78. The molecule has 3 heterocycles. The first kappa shape index (κ1) is 15.1. The van der Waals surface area contributed by atoms with Crippen LogP contribution in [0, 0.1) is 0 Å². The smallest absolute Gasteiger partial charge is 0.268 e. The molecule has 1 aliphatic rings. The number of benzene rings is 1. The van der Waals surface area contributed by atoms with Crippen LogP contribution in [0.4, 0.5) is 5.69 Å². The van der Waals surface area contributed by atoms with Gasteiger partial charge in [-0.15, -0.1) is 0 Å². The van der Waals surface area contributed by atoms with Gasteiger partial charge in [0.25, 0.3) is 5.91 Å². The number of aromatic nitrogens is 2. The van der Waals surface area contributed by atoms with Crippen LogP contribution in [0.3, 0.4) is 0 Å². The summed E-state index contributed by atoms with van der Waals surface area (Å²) in [4.78, 5) is 31.8. The summed E-state index contributed by atoms with van der Waals surface area (Å²) in [5.41, 5.74) is 3.69. The van der Waals surface area contributed by atoms with E-state index < -0.39 is 0 Å². The van der Waals surface area contributed by atoms with Gasteiger partial charge in [0, 0.05) is 47.2 Å². The highest BCUT2D eigenvalue weighted by molar-refractivity contribution is 6.11. The number of pyridine rings is 1. The van der Waals surface area contributed by atoms with Gasteiger partial charge in [-0.2, -0.15) is 0 Å². The molecule has 0 saturated heterocycles. The van der Waals surface area contributed by atoms with Crippen LogP contribution < -0.4 is 10.6 Å². The molecule has 3 N–H and O–H groups in total. The van der Waals surface area contributed by atoms with Crippen LogP contribution in [-0.2, 0) is 4.79 Å². The van der Waals surface area contributed by atoms with E-state index in [2.05, 4.69) is 20.6 Å². The summed E-state index contributed by atoms with van der Waals surface area (Å²) < 4.78 is 0. The van der Waals surface area contributed by atoms with Crippen molar-refractivity contribution in [1.82, 2.24) is 15.3 Å². The number of nitrogens with one attached hydrogen (secondary N) is 3. The fourth-order valence-corrected chi connectivity index (χ4v) is 3.09. The van der Waals surface area contributed by atoms with Gasteiger partial charge < -0.3 is 15.6 Å². The van der Waals surface area contributed by atoms with Crippen molar-refractivity contribution >= 4 is 34.0 Å². The molecular formula is C19H16N4O2. The van der Waals surface area contributed by atoms with Gasteiger partial charge in [0.15, 0.2) is 0 Å². The summed E-state index contributed by atoms with van der Waals surface area (Å²) in [6.07, 6.45) is 5.40. The van der Waals surface area contributed by atoms with E-state index in [1.807, 2.05) is 24.3 Å². The third-order valence-electron chi connectivity index (χ3n) is 4.19. The Morgan fingerprint density at radius 2 is 1.96 bits per heavy atom. The SMILES string of the molecule is O=C(C=C1CCNC(=O)c2[nH]c3ccccc3c21)Nc1ccncc1. The van der Waals surface area contributed by atoms with Gasteiger partial charge in [-0.1, -0.05) is 18.2 Å². The molecule has 2 amide bonds. The number of carbonyl (C=O) groups excluding carboxylic acids is 2. The van der Waals surface area contributed by atoms with Gasteiger partial charge in [-0.25, -0.2) is 0 Å². The molecule has 0 spiro atoms. The Bertz CT molecular complexity index is 989. The first-order chi connectivity index (χ1) is 12.2. The summed E-state index contributed by atoms with van der Waals surface area (Å²) in [7, 11) is 0. The molecule has 1 aliphatic heterocycles. The zero-order valence-corrected chi connectivity index (χ0v) is 13.4. The average Bonchev–Trinajstić information content (AvgIpc) is 2.94. The summed E-state index contributed by atoms with van der Waals surface area (Å²) in [5.74, 6) is -0.379. The molecule has 2 aromatic heterocycles. The summed E-state index contributed by atoms with van der Waals surface area (Å²) in [6, 6.07) is 11.2. The lowest BCUT2D eigenvalue weighted by atomic mass is 9.99. The number of rotatable bonds is 2. The maximum Gasteiger partial charge on any atom is 0.268 e. The first-order valence-electron chi connectivity index (χ1n) is 8.03. The van der Waals surface area contributed by atoms with Crippen molar-refractivity contribution in [2.75, 3.05) is 11.9 Å². The van der Waals surface area contributed by atoms with Gasteiger partial charge >= 0.3 is 0 Å². The molecule has 4 rings (SSSR count). The van der Waals surface area contributed by atoms with Gasteiger partial charge in [0.2, 0.25) is 5.91 Å².